The van der Waals surface area contributed by atoms with Gasteiger partial charge in [0.15, 0.2) is 0 Å². The summed E-state index contributed by atoms with van der Waals surface area (Å²) in [4.78, 5) is 0. The van der Waals surface area contributed by atoms with Crippen molar-refractivity contribution in [2.24, 2.45) is 0 Å². The molecule has 0 bridgehead atoms. The molecule has 0 spiro atoms. The van der Waals surface area contributed by atoms with Gasteiger partial charge in [0.1, 0.15) is 0 Å². The molecule has 0 amide bonds. The van der Waals surface area contributed by atoms with Gasteiger partial charge < -0.3 is 0 Å². The van der Waals surface area contributed by atoms with E-state index in [1.165, 1.54) is 87.6 Å². The Labute approximate surface area is 276 Å². The molecule has 0 aliphatic heterocycles. The lowest BCUT2D eigenvalue weighted by molar-refractivity contribution is 1.61. The third-order valence-electron chi connectivity index (χ3n) is 9.40. The molecule has 0 atom stereocenters. The van der Waals surface area contributed by atoms with Crippen LogP contribution in [0.2, 0.25) is 0 Å². The Balaban J connectivity index is 0.00000324. The van der Waals surface area contributed by atoms with Gasteiger partial charge in [-0.1, -0.05) is 165 Å². The molecule has 0 aliphatic rings. The summed E-state index contributed by atoms with van der Waals surface area (Å²) >= 11 is 0. The number of rotatable bonds is 4. The SMILES string of the molecule is C.c1ccc(-c2cccc(-c3c4ccccc4c(-c4ccc5ccccc5c4)c4cc(-c5ccc6ccccc6c5)ccc34)c2)cc1. The molecule has 0 radical (unpaired) electrons. The van der Waals surface area contributed by atoms with Gasteiger partial charge in [0, 0.05) is 0 Å². The lowest BCUT2D eigenvalue weighted by Crippen LogP contribution is -1.92. The Kier molecular flexibility index (Phi) is 7.12. The van der Waals surface area contributed by atoms with Crippen LogP contribution in [-0.4, -0.2) is 0 Å². The third kappa shape index (κ3) is 4.96. The van der Waals surface area contributed by atoms with Gasteiger partial charge in [0.25, 0.3) is 0 Å². The topological polar surface area (TPSA) is 0 Å². The second kappa shape index (κ2) is 11.7. The van der Waals surface area contributed by atoms with Gasteiger partial charge in [0.2, 0.25) is 0 Å². The summed E-state index contributed by atoms with van der Waals surface area (Å²) in [5.41, 5.74) is 9.92. The van der Waals surface area contributed by atoms with E-state index in [2.05, 4.69) is 182 Å². The molecule has 0 heteroatoms. The summed E-state index contributed by atoms with van der Waals surface area (Å²) in [5, 5.41) is 10.1. The quantitative estimate of drug-likeness (QED) is 0.177. The molecule has 0 fully saturated rings. The van der Waals surface area contributed by atoms with Crippen LogP contribution in [0.15, 0.2) is 182 Å². The molecular formula is C47H34. The molecule has 0 unspecified atom stereocenters. The van der Waals surface area contributed by atoms with Crippen molar-refractivity contribution < 1.29 is 0 Å². The van der Waals surface area contributed by atoms with Crippen molar-refractivity contribution >= 4 is 43.1 Å². The summed E-state index contributed by atoms with van der Waals surface area (Å²) in [7, 11) is 0. The normalized spacial score (nSPS) is 11.2. The van der Waals surface area contributed by atoms with E-state index < -0.39 is 0 Å². The summed E-state index contributed by atoms with van der Waals surface area (Å²) in [6.07, 6.45) is 0. The Hall–Kier alpha value is -5.98. The lowest BCUT2D eigenvalue weighted by atomic mass is 9.84. The van der Waals surface area contributed by atoms with Crippen molar-refractivity contribution in [3.05, 3.63) is 182 Å². The molecule has 0 saturated carbocycles. The van der Waals surface area contributed by atoms with Crippen LogP contribution in [0.1, 0.15) is 7.43 Å². The summed E-state index contributed by atoms with van der Waals surface area (Å²) in [6.45, 7) is 0. The van der Waals surface area contributed by atoms with Gasteiger partial charge in [-0.2, -0.15) is 0 Å². The van der Waals surface area contributed by atoms with Gasteiger partial charge in [-0.3, -0.25) is 0 Å². The van der Waals surface area contributed by atoms with Gasteiger partial charge in [-0.05, 0) is 112 Å². The maximum Gasteiger partial charge on any atom is -0.00259 e. The molecule has 0 heterocycles. The van der Waals surface area contributed by atoms with E-state index in [1.54, 1.807) is 0 Å². The first-order valence-corrected chi connectivity index (χ1v) is 15.9. The molecule has 0 saturated heterocycles. The Morgan fingerprint density at radius 2 is 0.638 bits per heavy atom. The molecule has 0 aromatic heterocycles. The van der Waals surface area contributed by atoms with E-state index in [-0.39, 0.29) is 7.43 Å². The minimum absolute atomic E-state index is 0. The van der Waals surface area contributed by atoms with Crippen LogP contribution in [0.4, 0.5) is 0 Å². The summed E-state index contributed by atoms with van der Waals surface area (Å²) < 4.78 is 0. The summed E-state index contributed by atoms with van der Waals surface area (Å²) in [6, 6.07) is 66.7. The smallest absolute Gasteiger partial charge is 0.00259 e. The second-order valence-electron chi connectivity index (χ2n) is 12.1. The highest BCUT2D eigenvalue weighted by Gasteiger charge is 2.18. The average molecular weight is 599 g/mol. The Bertz CT molecular complexity index is 2570. The van der Waals surface area contributed by atoms with Crippen molar-refractivity contribution in [1.82, 2.24) is 0 Å². The van der Waals surface area contributed by atoms with Crippen molar-refractivity contribution in [3.8, 4) is 44.5 Å². The monoisotopic (exact) mass is 598 g/mol. The maximum atomic E-state index is 2.42. The zero-order chi connectivity index (χ0) is 30.5. The fourth-order valence-electron chi connectivity index (χ4n) is 7.18. The predicted molar refractivity (Wildman–Crippen MR) is 205 cm³/mol. The largest absolute Gasteiger partial charge is 0.0776 e. The van der Waals surface area contributed by atoms with Gasteiger partial charge >= 0.3 is 0 Å². The molecule has 0 nitrogen and oxygen atoms in total. The highest BCUT2D eigenvalue weighted by Crippen LogP contribution is 2.46. The van der Waals surface area contributed by atoms with Crippen LogP contribution in [0.5, 0.6) is 0 Å². The molecule has 0 aliphatic carbocycles. The first-order chi connectivity index (χ1) is 22.8. The highest BCUT2D eigenvalue weighted by molar-refractivity contribution is 6.22. The van der Waals surface area contributed by atoms with E-state index in [0.29, 0.717) is 0 Å². The molecule has 47 heavy (non-hydrogen) atoms. The van der Waals surface area contributed by atoms with Crippen molar-refractivity contribution in [2.75, 3.05) is 0 Å². The van der Waals surface area contributed by atoms with Gasteiger partial charge in [-0.15, -0.1) is 0 Å². The second-order valence-corrected chi connectivity index (χ2v) is 12.1. The average Bonchev–Trinajstić information content (AvgIpc) is 3.13. The number of hydrogen-bond acceptors (Lipinski definition) is 0. The predicted octanol–water partition coefficient (Wildman–Crippen LogP) is 13.6. The van der Waals surface area contributed by atoms with Crippen molar-refractivity contribution in [3.63, 3.8) is 0 Å². The third-order valence-corrected chi connectivity index (χ3v) is 9.40. The van der Waals surface area contributed by atoms with Crippen molar-refractivity contribution in [2.45, 2.75) is 7.43 Å². The molecule has 222 valence electrons. The van der Waals surface area contributed by atoms with E-state index in [0.717, 1.165) is 0 Å². The van der Waals surface area contributed by atoms with Crippen LogP contribution >= 0.6 is 0 Å². The molecule has 9 aromatic carbocycles. The fraction of sp³-hybridized carbons (Fsp3) is 0.0213. The summed E-state index contributed by atoms with van der Waals surface area (Å²) in [5.74, 6) is 0. The van der Waals surface area contributed by atoms with Crippen LogP contribution in [0, 0.1) is 0 Å². The number of benzene rings is 9. The van der Waals surface area contributed by atoms with Crippen molar-refractivity contribution in [1.29, 1.82) is 0 Å². The zero-order valence-corrected chi connectivity index (χ0v) is 25.3. The van der Waals surface area contributed by atoms with Crippen LogP contribution in [0.25, 0.3) is 87.6 Å². The van der Waals surface area contributed by atoms with Crippen LogP contribution in [0.3, 0.4) is 0 Å². The number of hydrogen-bond donors (Lipinski definition) is 0. The lowest BCUT2D eigenvalue weighted by Gasteiger charge is -2.19. The standard InChI is InChI=1S/C46H30.CH4/c1-2-11-31(12-3-1)36-17-10-18-39(28-36)45-41-19-8-9-20-42(41)46(40-24-22-33-14-5-7-16-35(33)29-40)44-30-38(25-26-43(44)45)37-23-21-32-13-4-6-15-34(32)27-37;/h1-30H;1H4. The minimum Gasteiger partial charge on any atom is -0.0776 e. The number of fused-ring (bicyclic) bond motifs is 4. The van der Waals surface area contributed by atoms with Crippen LogP contribution in [-0.2, 0) is 0 Å². The van der Waals surface area contributed by atoms with E-state index in [9.17, 15) is 0 Å². The molecule has 0 N–H and O–H groups in total. The van der Waals surface area contributed by atoms with Gasteiger partial charge in [-0.25, -0.2) is 0 Å². The minimum atomic E-state index is 0. The first kappa shape index (κ1) is 28.5. The van der Waals surface area contributed by atoms with E-state index >= 15 is 0 Å². The zero-order valence-electron chi connectivity index (χ0n) is 25.3. The molecule has 9 aromatic rings. The van der Waals surface area contributed by atoms with Gasteiger partial charge in [0.05, 0.1) is 0 Å². The molecular weight excluding hydrogens is 565 g/mol. The van der Waals surface area contributed by atoms with E-state index in [4.69, 9.17) is 0 Å². The maximum absolute atomic E-state index is 2.42. The Morgan fingerprint density at radius 1 is 0.213 bits per heavy atom. The molecule has 9 rings (SSSR count). The Morgan fingerprint density at radius 3 is 1.34 bits per heavy atom. The van der Waals surface area contributed by atoms with Crippen LogP contribution < -0.4 is 0 Å². The first-order valence-electron chi connectivity index (χ1n) is 15.9. The highest BCUT2D eigenvalue weighted by atomic mass is 14.2. The van der Waals surface area contributed by atoms with E-state index in [1.807, 2.05) is 0 Å². The fourth-order valence-corrected chi connectivity index (χ4v) is 7.18.